The maximum absolute atomic E-state index is 12.7. The van der Waals surface area contributed by atoms with E-state index in [-0.39, 0.29) is 29.4 Å². The van der Waals surface area contributed by atoms with Gasteiger partial charge in [-0.15, -0.1) is 11.6 Å². The minimum Gasteiger partial charge on any atom is -0.493 e. The molecule has 0 heterocycles. The first kappa shape index (κ1) is 16.8. The predicted octanol–water partition coefficient (Wildman–Crippen LogP) is 4.70. The fraction of sp³-hybridized carbons (Fsp3) is 0.500. The molecule has 0 bridgehead atoms. The summed E-state index contributed by atoms with van der Waals surface area (Å²) in [6.07, 6.45) is -3.25. The van der Waals surface area contributed by atoms with Gasteiger partial charge in [-0.25, -0.2) is 0 Å². The molecule has 6 heteroatoms. The first-order valence-corrected chi connectivity index (χ1v) is 6.86. The number of benzene rings is 1. The van der Waals surface area contributed by atoms with Gasteiger partial charge in [0, 0.05) is 12.3 Å². The molecule has 0 aliphatic carbocycles. The minimum absolute atomic E-state index is 0.0293. The summed E-state index contributed by atoms with van der Waals surface area (Å²) in [6.45, 7) is 2.22. The third-order valence-electron chi connectivity index (χ3n) is 2.61. The van der Waals surface area contributed by atoms with Crippen molar-refractivity contribution >= 4 is 17.4 Å². The molecule has 0 unspecified atom stereocenters. The predicted molar refractivity (Wildman–Crippen MR) is 71.5 cm³/mol. The van der Waals surface area contributed by atoms with Gasteiger partial charge in [0.2, 0.25) is 0 Å². The van der Waals surface area contributed by atoms with Crippen molar-refractivity contribution in [3.63, 3.8) is 0 Å². The van der Waals surface area contributed by atoms with Crippen molar-refractivity contribution in [1.29, 1.82) is 0 Å². The van der Waals surface area contributed by atoms with Crippen LogP contribution in [0.2, 0.25) is 0 Å². The van der Waals surface area contributed by atoms with E-state index in [2.05, 4.69) is 0 Å². The lowest BCUT2D eigenvalue weighted by atomic mass is 10.0. The molecule has 0 spiro atoms. The van der Waals surface area contributed by atoms with Crippen molar-refractivity contribution in [2.24, 2.45) is 0 Å². The lowest BCUT2D eigenvalue weighted by Crippen LogP contribution is -2.10. The third-order valence-corrected chi connectivity index (χ3v) is 2.87. The van der Waals surface area contributed by atoms with E-state index in [1.54, 1.807) is 0 Å². The molecule has 0 atom stereocenters. The van der Waals surface area contributed by atoms with Gasteiger partial charge in [0.15, 0.2) is 5.78 Å². The first-order chi connectivity index (χ1) is 9.40. The molecule has 0 aromatic heterocycles. The minimum atomic E-state index is -4.48. The molecule has 1 rings (SSSR count). The van der Waals surface area contributed by atoms with Crippen molar-refractivity contribution in [2.45, 2.75) is 32.4 Å². The van der Waals surface area contributed by atoms with Crippen molar-refractivity contribution in [3.8, 4) is 5.75 Å². The van der Waals surface area contributed by atoms with Crippen molar-refractivity contribution in [3.05, 3.63) is 29.3 Å². The summed E-state index contributed by atoms with van der Waals surface area (Å²) in [6, 6.07) is 2.97. The molecule has 1 aromatic carbocycles. The smallest absolute Gasteiger partial charge is 0.416 e. The van der Waals surface area contributed by atoms with E-state index in [0.717, 1.165) is 12.1 Å². The molecule has 0 saturated carbocycles. The van der Waals surface area contributed by atoms with Gasteiger partial charge in [-0.3, -0.25) is 4.79 Å². The van der Waals surface area contributed by atoms with E-state index in [1.165, 1.54) is 6.07 Å². The highest BCUT2D eigenvalue weighted by Crippen LogP contribution is 2.33. The summed E-state index contributed by atoms with van der Waals surface area (Å²) in [5.41, 5.74) is -0.881. The van der Waals surface area contributed by atoms with Crippen LogP contribution in [-0.4, -0.2) is 18.3 Å². The van der Waals surface area contributed by atoms with Gasteiger partial charge < -0.3 is 4.74 Å². The van der Waals surface area contributed by atoms with Gasteiger partial charge >= 0.3 is 6.18 Å². The SMILES string of the molecule is CCCOc1ccc(C(F)(F)F)cc1C(=O)CCCCl. The molecule has 0 aliphatic heterocycles. The number of alkyl halides is 4. The Morgan fingerprint density at radius 3 is 2.60 bits per heavy atom. The number of hydrogen-bond donors (Lipinski definition) is 0. The number of hydrogen-bond acceptors (Lipinski definition) is 2. The molecule has 1 aromatic rings. The maximum Gasteiger partial charge on any atom is 0.416 e. The number of ether oxygens (including phenoxy) is 1. The van der Waals surface area contributed by atoms with Gasteiger partial charge in [-0.1, -0.05) is 6.92 Å². The van der Waals surface area contributed by atoms with Crippen LogP contribution in [0, 0.1) is 0 Å². The summed E-state index contributed by atoms with van der Waals surface area (Å²) in [5, 5.41) is 0. The van der Waals surface area contributed by atoms with E-state index >= 15 is 0 Å². The molecule has 0 fully saturated rings. The average molecular weight is 309 g/mol. The number of ketones is 1. The van der Waals surface area contributed by atoms with Gasteiger partial charge in [0.05, 0.1) is 17.7 Å². The zero-order valence-electron chi connectivity index (χ0n) is 11.1. The van der Waals surface area contributed by atoms with E-state index in [0.29, 0.717) is 19.4 Å². The zero-order valence-corrected chi connectivity index (χ0v) is 11.9. The zero-order chi connectivity index (χ0) is 15.2. The van der Waals surface area contributed by atoms with Crippen LogP contribution in [0.4, 0.5) is 13.2 Å². The van der Waals surface area contributed by atoms with E-state index < -0.39 is 11.7 Å². The van der Waals surface area contributed by atoms with Crippen LogP contribution >= 0.6 is 11.6 Å². The highest BCUT2D eigenvalue weighted by molar-refractivity contribution is 6.18. The largest absolute Gasteiger partial charge is 0.493 e. The van der Waals surface area contributed by atoms with Crippen LogP contribution in [0.15, 0.2) is 18.2 Å². The van der Waals surface area contributed by atoms with Gasteiger partial charge in [-0.05, 0) is 31.0 Å². The first-order valence-electron chi connectivity index (χ1n) is 6.33. The van der Waals surface area contributed by atoms with Crippen molar-refractivity contribution in [2.75, 3.05) is 12.5 Å². The number of halogens is 4. The van der Waals surface area contributed by atoms with Gasteiger partial charge in [0.25, 0.3) is 0 Å². The Labute approximate surface area is 120 Å². The molecular formula is C14H16ClF3O2. The summed E-state index contributed by atoms with van der Waals surface area (Å²) < 4.78 is 43.4. The van der Waals surface area contributed by atoms with E-state index in [1.807, 2.05) is 6.92 Å². The molecule has 0 N–H and O–H groups in total. The van der Waals surface area contributed by atoms with Gasteiger partial charge in [-0.2, -0.15) is 13.2 Å². The molecule has 0 aliphatic rings. The monoisotopic (exact) mass is 308 g/mol. The molecule has 2 nitrogen and oxygen atoms in total. The standard InChI is InChI=1S/C14H16ClF3O2/c1-2-8-20-13-6-5-10(14(16,17)18)9-11(13)12(19)4-3-7-15/h5-6,9H,2-4,7-8H2,1H3. The van der Waals surface area contributed by atoms with Crippen LogP contribution in [0.3, 0.4) is 0 Å². The number of rotatable bonds is 7. The Morgan fingerprint density at radius 1 is 1.35 bits per heavy atom. The summed E-state index contributed by atoms with van der Waals surface area (Å²) >= 11 is 5.50. The van der Waals surface area contributed by atoms with E-state index in [9.17, 15) is 18.0 Å². The topological polar surface area (TPSA) is 26.3 Å². The van der Waals surface area contributed by atoms with Crippen LogP contribution in [0.5, 0.6) is 5.75 Å². The molecule has 0 radical (unpaired) electrons. The van der Waals surface area contributed by atoms with Crippen LogP contribution in [0.1, 0.15) is 42.1 Å². The van der Waals surface area contributed by atoms with Crippen molar-refractivity contribution < 1.29 is 22.7 Å². The summed E-state index contributed by atoms with van der Waals surface area (Å²) in [4.78, 5) is 12.0. The fourth-order valence-corrected chi connectivity index (χ4v) is 1.76. The number of carbonyl (C=O) groups is 1. The lowest BCUT2D eigenvalue weighted by molar-refractivity contribution is -0.137. The second kappa shape index (κ2) is 7.53. The molecule has 20 heavy (non-hydrogen) atoms. The molecule has 112 valence electrons. The highest BCUT2D eigenvalue weighted by Gasteiger charge is 2.31. The second-order valence-corrected chi connectivity index (χ2v) is 4.65. The Kier molecular flexibility index (Phi) is 6.33. The quantitative estimate of drug-likeness (QED) is 0.539. The number of Topliss-reactive ketones (excluding diaryl/α,β-unsaturated/α-hetero) is 1. The number of carbonyl (C=O) groups excluding carboxylic acids is 1. The fourth-order valence-electron chi connectivity index (χ4n) is 1.62. The molecule has 0 saturated heterocycles. The van der Waals surface area contributed by atoms with Crippen LogP contribution in [-0.2, 0) is 6.18 Å². The lowest BCUT2D eigenvalue weighted by Gasteiger charge is -2.13. The third kappa shape index (κ3) is 4.71. The van der Waals surface area contributed by atoms with Crippen LogP contribution < -0.4 is 4.74 Å². The highest BCUT2D eigenvalue weighted by atomic mass is 35.5. The van der Waals surface area contributed by atoms with E-state index in [4.69, 9.17) is 16.3 Å². The Hall–Kier alpha value is -1.23. The second-order valence-electron chi connectivity index (χ2n) is 4.27. The summed E-state index contributed by atoms with van der Waals surface area (Å²) in [7, 11) is 0. The Bertz CT molecular complexity index is 458. The van der Waals surface area contributed by atoms with Gasteiger partial charge in [0.1, 0.15) is 5.75 Å². The Morgan fingerprint density at radius 2 is 2.05 bits per heavy atom. The Balaban J connectivity index is 3.08. The maximum atomic E-state index is 12.7. The summed E-state index contributed by atoms with van der Waals surface area (Å²) in [5.74, 6) is 0.0952. The van der Waals surface area contributed by atoms with Crippen molar-refractivity contribution in [1.82, 2.24) is 0 Å². The molecular weight excluding hydrogens is 293 g/mol. The van der Waals surface area contributed by atoms with Crippen LogP contribution in [0.25, 0.3) is 0 Å². The molecule has 0 amide bonds. The average Bonchev–Trinajstić information content (AvgIpc) is 2.41. The normalized spacial score (nSPS) is 11.4.